The van der Waals surface area contributed by atoms with Crippen LogP contribution in [0.3, 0.4) is 0 Å². The molecule has 10 nitrogen and oxygen atoms in total. The van der Waals surface area contributed by atoms with Crippen LogP contribution in [0.1, 0.15) is 34.2 Å². The third-order valence-corrected chi connectivity index (χ3v) is 7.46. The van der Waals surface area contributed by atoms with Crippen LogP contribution in [0.25, 0.3) is 10.9 Å². The molecule has 2 aromatic heterocycles. The molecule has 0 radical (unpaired) electrons. The summed E-state index contributed by atoms with van der Waals surface area (Å²) < 4.78 is 32.8. The standard InChI is InChI=1S/C22H22FN3O7S/c1-10-14(33-22(30)32-10)9-24-4-6-25(7-5-24)17-13(23)8-12-16(19(17)31-3)26-11(2)34-20(26)15(18(12)27)21(28)29/h8,11H,4-7,9H2,1-3H3,(H,28,29). The Kier molecular flexibility index (Phi) is 5.44. The van der Waals surface area contributed by atoms with Crippen LogP contribution in [0.4, 0.5) is 10.1 Å². The highest BCUT2D eigenvalue weighted by molar-refractivity contribution is 8.00. The highest BCUT2D eigenvalue weighted by Crippen LogP contribution is 2.50. The Morgan fingerprint density at radius 1 is 1.26 bits per heavy atom. The molecule has 1 N–H and O–H groups in total. The van der Waals surface area contributed by atoms with E-state index in [4.69, 9.17) is 13.6 Å². The lowest BCUT2D eigenvalue weighted by molar-refractivity contribution is 0.0689. The summed E-state index contributed by atoms with van der Waals surface area (Å²) in [6.07, 6.45) is 0. The number of benzene rings is 1. The molecule has 1 unspecified atom stereocenters. The topological polar surface area (TPSA) is 118 Å². The molecule has 12 heteroatoms. The van der Waals surface area contributed by atoms with Gasteiger partial charge in [0.05, 0.1) is 35.0 Å². The number of piperazine rings is 1. The first kappa shape index (κ1) is 22.5. The molecule has 0 saturated carbocycles. The van der Waals surface area contributed by atoms with E-state index in [0.717, 1.165) is 6.07 Å². The summed E-state index contributed by atoms with van der Waals surface area (Å²) in [6.45, 7) is 6.01. The van der Waals surface area contributed by atoms with Gasteiger partial charge in [-0.25, -0.2) is 14.0 Å². The van der Waals surface area contributed by atoms with Gasteiger partial charge in [0.15, 0.2) is 17.3 Å². The van der Waals surface area contributed by atoms with Gasteiger partial charge in [-0.3, -0.25) is 9.69 Å². The number of carboxylic acid groups (broad SMARTS) is 1. The van der Waals surface area contributed by atoms with Crippen molar-refractivity contribution < 1.29 is 27.9 Å². The van der Waals surface area contributed by atoms with Crippen molar-refractivity contribution >= 4 is 34.3 Å². The zero-order chi connectivity index (χ0) is 24.3. The number of carbonyl (C=O) groups is 1. The van der Waals surface area contributed by atoms with Gasteiger partial charge >= 0.3 is 11.8 Å². The van der Waals surface area contributed by atoms with Gasteiger partial charge in [-0.15, -0.1) is 0 Å². The molecule has 1 atom stereocenters. The predicted molar refractivity (Wildman–Crippen MR) is 122 cm³/mol. The number of carboxylic acids is 1. The summed E-state index contributed by atoms with van der Waals surface area (Å²) in [7, 11) is 1.41. The first-order valence-corrected chi connectivity index (χ1v) is 11.5. The molecule has 1 saturated heterocycles. The van der Waals surface area contributed by atoms with E-state index in [1.165, 1.54) is 18.9 Å². The summed E-state index contributed by atoms with van der Waals surface area (Å²) in [6, 6.07) is 1.11. The number of hydrogen-bond donors (Lipinski definition) is 1. The highest BCUT2D eigenvalue weighted by Gasteiger charge is 2.36. The van der Waals surface area contributed by atoms with Crippen LogP contribution in [-0.2, 0) is 6.54 Å². The smallest absolute Gasteiger partial charge is 0.492 e. The number of anilines is 1. The van der Waals surface area contributed by atoms with E-state index in [2.05, 4.69) is 4.90 Å². The normalized spacial score (nSPS) is 18.1. The molecule has 0 spiro atoms. The molecular formula is C22H22FN3O7S. The molecule has 34 heavy (non-hydrogen) atoms. The van der Waals surface area contributed by atoms with Crippen LogP contribution in [0.5, 0.6) is 5.75 Å². The van der Waals surface area contributed by atoms with Crippen molar-refractivity contribution in [3.63, 3.8) is 0 Å². The number of fused-ring (bicyclic) bond motifs is 3. The number of hydrogen-bond acceptors (Lipinski definition) is 9. The zero-order valence-electron chi connectivity index (χ0n) is 18.7. The second-order valence-corrected chi connectivity index (χ2v) is 9.54. The number of halogens is 1. The maximum absolute atomic E-state index is 15.4. The van der Waals surface area contributed by atoms with Crippen LogP contribution < -0.4 is 20.9 Å². The molecule has 0 bridgehead atoms. The molecule has 5 rings (SSSR count). The van der Waals surface area contributed by atoms with Crippen molar-refractivity contribution in [2.75, 3.05) is 38.2 Å². The minimum Gasteiger partial charge on any atom is -0.492 e. The van der Waals surface area contributed by atoms with Gasteiger partial charge in [-0.2, -0.15) is 0 Å². The number of aromatic nitrogens is 1. The van der Waals surface area contributed by atoms with E-state index >= 15 is 4.39 Å². The van der Waals surface area contributed by atoms with Gasteiger partial charge in [0, 0.05) is 26.2 Å². The monoisotopic (exact) mass is 491 g/mol. The summed E-state index contributed by atoms with van der Waals surface area (Å²) in [4.78, 5) is 39.9. The fraction of sp³-hybridized carbons (Fsp3) is 0.409. The van der Waals surface area contributed by atoms with Crippen LogP contribution >= 0.6 is 11.8 Å². The maximum Gasteiger partial charge on any atom is 0.519 e. The number of aromatic carboxylic acids is 1. The number of rotatable bonds is 5. The Morgan fingerprint density at radius 3 is 2.53 bits per heavy atom. The van der Waals surface area contributed by atoms with Crippen molar-refractivity contribution in [3.05, 3.63) is 49.8 Å². The lowest BCUT2D eigenvalue weighted by Gasteiger charge is -2.38. The quantitative estimate of drug-likeness (QED) is 0.571. The number of ether oxygens (including phenoxy) is 1. The molecular weight excluding hydrogens is 469 g/mol. The minimum atomic E-state index is -1.33. The number of aryl methyl sites for hydroxylation is 1. The average molecular weight is 491 g/mol. The van der Waals surface area contributed by atoms with Crippen molar-refractivity contribution in [2.24, 2.45) is 0 Å². The number of thioether (sulfide) groups is 1. The van der Waals surface area contributed by atoms with E-state index in [-0.39, 0.29) is 27.8 Å². The van der Waals surface area contributed by atoms with Crippen molar-refractivity contribution in [2.45, 2.75) is 30.8 Å². The van der Waals surface area contributed by atoms with Gasteiger partial charge in [0.2, 0.25) is 5.43 Å². The molecule has 1 fully saturated rings. The Hall–Kier alpha value is -3.25. The third-order valence-electron chi connectivity index (χ3n) is 6.28. The highest BCUT2D eigenvalue weighted by atomic mass is 32.2. The summed E-state index contributed by atoms with van der Waals surface area (Å²) >= 11 is 1.28. The first-order valence-electron chi connectivity index (χ1n) is 10.7. The van der Waals surface area contributed by atoms with Crippen molar-refractivity contribution in [1.82, 2.24) is 9.47 Å². The minimum absolute atomic E-state index is 0.0181. The molecule has 0 aliphatic carbocycles. The van der Waals surface area contributed by atoms with E-state index in [9.17, 15) is 19.5 Å². The van der Waals surface area contributed by atoms with Gasteiger partial charge in [0.25, 0.3) is 0 Å². The zero-order valence-corrected chi connectivity index (χ0v) is 19.5. The van der Waals surface area contributed by atoms with Gasteiger partial charge in [-0.05, 0) is 19.9 Å². The lowest BCUT2D eigenvalue weighted by Crippen LogP contribution is -2.46. The first-order chi connectivity index (χ1) is 16.2. The Balaban J connectivity index is 1.52. The fourth-order valence-corrected chi connectivity index (χ4v) is 5.77. The molecule has 2 aliphatic rings. The van der Waals surface area contributed by atoms with Gasteiger partial charge < -0.3 is 28.1 Å². The van der Waals surface area contributed by atoms with Crippen LogP contribution in [0.2, 0.25) is 0 Å². The van der Waals surface area contributed by atoms with E-state index < -0.39 is 23.0 Å². The van der Waals surface area contributed by atoms with E-state index in [1.54, 1.807) is 11.5 Å². The molecule has 180 valence electrons. The number of pyridine rings is 1. The predicted octanol–water partition coefficient (Wildman–Crippen LogP) is 2.65. The van der Waals surface area contributed by atoms with Crippen molar-refractivity contribution in [3.8, 4) is 5.75 Å². The number of methoxy groups -OCH3 is 1. The Labute approximate surface area is 196 Å². The summed E-state index contributed by atoms with van der Waals surface area (Å²) in [5.74, 6) is -1.61. The van der Waals surface area contributed by atoms with Crippen LogP contribution in [-0.4, -0.2) is 53.8 Å². The third kappa shape index (κ3) is 3.40. The molecule has 3 aromatic rings. The molecule has 1 aromatic carbocycles. The fourth-order valence-electron chi connectivity index (χ4n) is 4.63. The van der Waals surface area contributed by atoms with Gasteiger partial charge in [0.1, 0.15) is 17.0 Å². The second kappa shape index (κ2) is 8.20. The molecule has 0 amide bonds. The van der Waals surface area contributed by atoms with Crippen molar-refractivity contribution in [1.29, 1.82) is 0 Å². The molecule has 4 heterocycles. The van der Waals surface area contributed by atoms with Crippen LogP contribution in [0.15, 0.2) is 29.5 Å². The van der Waals surface area contributed by atoms with E-state index in [0.29, 0.717) is 54.8 Å². The maximum atomic E-state index is 15.4. The SMILES string of the molecule is COc1c(N2CCN(Cc3oc(=O)oc3C)CC2)c(F)cc2c(=O)c(C(=O)O)c3n(c12)C(C)S3. The Morgan fingerprint density at radius 2 is 1.97 bits per heavy atom. The second-order valence-electron chi connectivity index (χ2n) is 8.23. The van der Waals surface area contributed by atoms with E-state index in [1.807, 2.05) is 11.8 Å². The van der Waals surface area contributed by atoms with Gasteiger partial charge in [-0.1, -0.05) is 11.8 Å². The molecule has 2 aliphatic heterocycles. The lowest BCUT2D eigenvalue weighted by atomic mass is 10.1. The average Bonchev–Trinajstić information content (AvgIpc) is 3.10. The summed E-state index contributed by atoms with van der Waals surface area (Å²) in [5.41, 5.74) is -0.436. The van der Waals surface area contributed by atoms with Crippen LogP contribution in [0, 0.1) is 12.7 Å². The Bertz CT molecular complexity index is 1440. The largest absolute Gasteiger partial charge is 0.519 e. The number of nitrogens with zero attached hydrogens (tertiary/aromatic N) is 3. The summed E-state index contributed by atoms with van der Waals surface area (Å²) in [5, 5.41) is 9.75.